The highest BCUT2D eigenvalue weighted by Gasteiger charge is 2.07. The molecule has 0 spiro atoms. The number of benzene rings is 1. The number of rotatable bonds is 5. The third-order valence-electron chi connectivity index (χ3n) is 2.00. The third-order valence-corrected chi connectivity index (χ3v) is 2.59. The predicted octanol–water partition coefficient (Wildman–Crippen LogP) is 2.31. The Morgan fingerprint density at radius 3 is 2.76 bits per heavy atom. The van der Waals surface area contributed by atoms with Gasteiger partial charge in [0.15, 0.2) is 0 Å². The number of amides is 1. The summed E-state index contributed by atoms with van der Waals surface area (Å²) in [5.41, 5.74) is 1.26. The van der Waals surface area contributed by atoms with Crippen LogP contribution in [0.2, 0.25) is 5.02 Å². The number of carbonyl (C=O) groups excluding carboxylic acids is 1. The highest BCUT2D eigenvalue weighted by molar-refractivity contribution is 6.31. The van der Waals surface area contributed by atoms with Gasteiger partial charge in [-0.1, -0.05) is 11.6 Å². The minimum absolute atomic E-state index is 0.142. The average molecular weight is 277 g/mol. The van der Waals surface area contributed by atoms with Gasteiger partial charge in [0.2, 0.25) is 5.91 Å². The van der Waals surface area contributed by atoms with E-state index in [4.69, 9.17) is 23.2 Å². The molecule has 0 heterocycles. The molecule has 94 valence electrons. The van der Waals surface area contributed by atoms with E-state index in [0.717, 1.165) is 0 Å². The first-order valence-electron chi connectivity index (χ1n) is 5.08. The summed E-state index contributed by atoms with van der Waals surface area (Å²) in [4.78, 5) is 11.0. The zero-order valence-electron chi connectivity index (χ0n) is 9.34. The molecule has 3 N–H and O–H groups in total. The summed E-state index contributed by atoms with van der Waals surface area (Å²) >= 11 is 11.3. The molecular formula is C11H14Cl2N2O2. The van der Waals surface area contributed by atoms with E-state index in [0.29, 0.717) is 16.4 Å². The standard InChI is InChI=1S/C11H14Cl2N2O2/c1-7(16)15-10-3-2-8(13)4-11(10)14-6-9(17)5-12/h2-4,9,14,17H,5-6H2,1H3,(H,15,16). The molecule has 1 rings (SSSR count). The van der Waals surface area contributed by atoms with Crippen LogP contribution >= 0.6 is 23.2 Å². The molecule has 0 saturated carbocycles. The van der Waals surface area contributed by atoms with Gasteiger partial charge in [-0.25, -0.2) is 0 Å². The maximum Gasteiger partial charge on any atom is 0.221 e. The zero-order valence-corrected chi connectivity index (χ0v) is 10.8. The number of hydrogen-bond donors (Lipinski definition) is 3. The molecule has 0 aliphatic heterocycles. The molecule has 0 aliphatic carbocycles. The van der Waals surface area contributed by atoms with Gasteiger partial charge in [0.1, 0.15) is 0 Å². The lowest BCUT2D eigenvalue weighted by Gasteiger charge is -2.14. The molecule has 1 atom stereocenters. The molecule has 6 heteroatoms. The molecular weight excluding hydrogens is 263 g/mol. The topological polar surface area (TPSA) is 61.4 Å². The summed E-state index contributed by atoms with van der Waals surface area (Å²) in [5.74, 6) is -0.0310. The molecule has 0 radical (unpaired) electrons. The first-order valence-corrected chi connectivity index (χ1v) is 5.99. The molecule has 1 amide bonds. The maximum absolute atomic E-state index is 11.0. The fourth-order valence-electron chi connectivity index (χ4n) is 1.24. The Morgan fingerprint density at radius 1 is 1.47 bits per heavy atom. The van der Waals surface area contributed by atoms with E-state index in [9.17, 15) is 9.90 Å². The lowest BCUT2D eigenvalue weighted by Crippen LogP contribution is -2.21. The maximum atomic E-state index is 11.0. The van der Waals surface area contributed by atoms with Gasteiger partial charge in [-0.15, -0.1) is 11.6 Å². The van der Waals surface area contributed by atoms with Crippen molar-refractivity contribution in [2.45, 2.75) is 13.0 Å². The Hall–Kier alpha value is -0.970. The van der Waals surface area contributed by atoms with E-state index in [1.54, 1.807) is 18.2 Å². The van der Waals surface area contributed by atoms with Crippen LogP contribution in [0, 0.1) is 0 Å². The number of anilines is 2. The molecule has 4 nitrogen and oxygen atoms in total. The van der Waals surface area contributed by atoms with Crippen molar-refractivity contribution >= 4 is 40.5 Å². The van der Waals surface area contributed by atoms with Gasteiger partial charge in [-0.3, -0.25) is 4.79 Å². The van der Waals surface area contributed by atoms with E-state index in [1.807, 2.05) is 0 Å². The molecule has 0 bridgehead atoms. The van der Waals surface area contributed by atoms with E-state index in [1.165, 1.54) is 6.92 Å². The first-order chi connectivity index (χ1) is 8.02. The van der Waals surface area contributed by atoms with Crippen molar-refractivity contribution in [3.63, 3.8) is 0 Å². The summed E-state index contributed by atoms with van der Waals surface area (Å²) in [6, 6.07) is 5.04. The molecule has 17 heavy (non-hydrogen) atoms. The number of aliphatic hydroxyl groups excluding tert-OH is 1. The molecule has 0 saturated heterocycles. The largest absolute Gasteiger partial charge is 0.390 e. The van der Waals surface area contributed by atoms with Gasteiger partial charge in [0.05, 0.1) is 23.4 Å². The minimum Gasteiger partial charge on any atom is -0.390 e. The van der Waals surface area contributed by atoms with Crippen molar-refractivity contribution < 1.29 is 9.90 Å². The van der Waals surface area contributed by atoms with Gasteiger partial charge in [-0.05, 0) is 18.2 Å². The predicted molar refractivity (Wildman–Crippen MR) is 71.0 cm³/mol. The Balaban J connectivity index is 2.79. The van der Waals surface area contributed by atoms with Crippen LogP contribution in [0.3, 0.4) is 0 Å². The summed E-state index contributed by atoms with van der Waals surface area (Å²) in [7, 11) is 0. The molecule has 0 aliphatic rings. The van der Waals surface area contributed by atoms with Crippen LogP contribution in [0.4, 0.5) is 11.4 Å². The SMILES string of the molecule is CC(=O)Nc1ccc(Cl)cc1NCC(O)CCl. The fraction of sp³-hybridized carbons (Fsp3) is 0.364. The van der Waals surface area contributed by atoms with Crippen LogP contribution < -0.4 is 10.6 Å². The van der Waals surface area contributed by atoms with Gasteiger partial charge in [-0.2, -0.15) is 0 Å². The van der Waals surface area contributed by atoms with Crippen molar-refractivity contribution in [2.75, 3.05) is 23.1 Å². The second-order valence-corrected chi connectivity index (χ2v) is 4.31. The Morgan fingerprint density at radius 2 is 2.18 bits per heavy atom. The molecule has 0 aromatic heterocycles. The molecule has 1 unspecified atom stereocenters. The van der Waals surface area contributed by atoms with Gasteiger partial charge in [0.25, 0.3) is 0 Å². The van der Waals surface area contributed by atoms with Gasteiger partial charge < -0.3 is 15.7 Å². The summed E-state index contributed by atoms with van der Waals surface area (Å²) in [5, 5.41) is 15.5. The molecule has 0 fully saturated rings. The van der Waals surface area contributed by atoms with Crippen LogP contribution in [0.25, 0.3) is 0 Å². The van der Waals surface area contributed by atoms with E-state index in [-0.39, 0.29) is 18.3 Å². The summed E-state index contributed by atoms with van der Waals surface area (Å²) in [6.07, 6.45) is -0.652. The van der Waals surface area contributed by atoms with Crippen molar-refractivity contribution in [3.05, 3.63) is 23.2 Å². The van der Waals surface area contributed by atoms with E-state index < -0.39 is 6.10 Å². The van der Waals surface area contributed by atoms with Crippen molar-refractivity contribution in [1.29, 1.82) is 0 Å². The number of carbonyl (C=O) groups is 1. The number of hydrogen-bond acceptors (Lipinski definition) is 3. The Bertz CT molecular complexity index is 399. The van der Waals surface area contributed by atoms with E-state index >= 15 is 0 Å². The summed E-state index contributed by atoms with van der Waals surface area (Å²) in [6.45, 7) is 1.71. The van der Waals surface area contributed by atoms with Crippen LogP contribution in [-0.4, -0.2) is 29.5 Å². The second kappa shape index (κ2) is 6.69. The average Bonchev–Trinajstić information content (AvgIpc) is 2.28. The van der Waals surface area contributed by atoms with Crippen LogP contribution in [-0.2, 0) is 4.79 Å². The number of aliphatic hydroxyl groups is 1. The Kier molecular flexibility index (Phi) is 5.55. The molecule has 1 aromatic rings. The van der Waals surface area contributed by atoms with Crippen LogP contribution in [0.15, 0.2) is 18.2 Å². The van der Waals surface area contributed by atoms with E-state index in [2.05, 4.69) is 10.6 Å². The smallest absolute Gasteiger partial charge is 0.221 e. The highest BCUT2D eigenvalue weighted by atomic mass is 35.5. The minimum atomic E-state index is -0.652. The zero-order chi connectivity index (χ0) is 12.8. The number of halogens is 2. The first kappa shape index (κ1) is 14.1. The lowest BCUT2D eigenvalue weighted by molar-refractivity contribution is -0.114. The van der Waals surface area contributed by atoms with Crippen LogP contribution in [0.5, 0.6) is 0 Å². The summed E-state index contributed by atoms with van der Waals surface area (Å²) < 4.78 is 0. The van der Waals surface area contributed by atoms with Crippen molar-refractivity contribution in [2.24, 2.45) is 0 Å². The quantitative estimate of drug-likeness (QED) is 0.724. The third kappa shape index (κ3) is 4.81. The van der Waals surface area contributed by atoms with Gasteiger partial charge >= 0.3 is 0 Å². The monoisotopic (exact) mass is 276 g/mol. The normalized spacial score (nSPS) is 12.0. The Labute approximate surface area is 110 Å². The van der Waals surface area contributed by atoms with Crippen molar-refractivity contribution in [1.82, 2.24) is 0 Å². The van der Waals surface area contributed by atoms with Crippen molar-refractivity contribution in [3.8, 4) is 0 Å². The second-order valence-electron chi connectivity index (χ2n) is 3.56. The fourth-order valence-corrected chi connectivity index (χ4v) is 1.52. The number of nitrogens with one attached hydrogen (secondary N) is 2. The van der Waals surface area contributed by atoms with Crippen LogP contribution in [0.1, 0.15) is 6.92 Å². The molecule has 1 aromatic carbocycles. The lowest BCUT2D eigenvalue weighted by atomic mass is 10.2. The van der Waals surface area contributed by atoms with Gasteiger partial charge in [0, 0.05) is 18.5 Å². The highest BCUT2D eigenvalue weighted by Crippen LogP contribution is 2.25. The number of alkyl halides is 1.